The smallest absolute Gasteiger partial charge is 0.251 e. The van der Waals surface area contributed by atoms with Crippen LogP contribution in [0.25, 0.3) is 22.2 Å². The summed E-state index contributed by atoms with van der Waals surface area (Å²) >= 11 is 0. The molecule has 0 saturated carbocycles. The van der Waals surface area contributed by atoms with Gasteiger partial charge in [0.25, 0.3) is 5.69 Å². The monoisotopic (exact) mass is 252 g/mol. The van der Waals surface area contributed by atoms with Gasteiger partial charge in [-0.25, -0.2) is 4.98 Å². The fourth-order valence-electron chi connectivity index (χ4n) is 3.10. The Balaban J connectivity index is 2.23. The Labute approximate surface area is 110 Å². The number of fused-ring (bicyclic) bond motifs is 5. The molecular weight excluding hydrogens is 238 g/mol. The van der Waals surface area contributed by atoms with Crippen LogP contribution in [0.2, 0.25) is 0 Å². The van der Waals surface area contributed by atoms with Crippen molar-refractivity contribution in [3.8, 4) is 11.3 Å². The molecule has 0 unspecified atom stereocenters. The van der Waals surface area contributed by atoms with Gasteiger partial charge in [0.05, 0.1) is 16.5 Å². The molecule has 94 valence electrons. The molecule has 0 spiro atoms. The number of H-pyrrole nitrogens is 1. The maximum Gasteiger partial charge on any atom is 0.251 e. The summed E-state index contributed by atoms with van der Waals surface area (Å²) in [5.41, 5.74) is 3.85. The van der Waals surface area contributed by atoms with Gasteiger partial charge in [-0.05, 0) is 12.5 Å². The number of aryl methyl sites for hydroxylation is 2. The highest BCUT2D eigenvalue weighted by atomic mass is 16.3. The van der Waals surface area contributed by atoms with Crippen molar-refractivity contribution in [2.45, 2.75) is 26.2 Å². The second-order valence-corrected chi connectivity index (χ2v) is 5.15. The zero-order valence-electron chi connectivity index (χ0n) is 10.7. The van der Waals surface area contributed by atoms with Gasteiger partial charge in [0.2, 0.25) is 5.52 Å². The molecule has 4 rings (SSSR count). The standard InChI is InChI=1S/C16H13NO2/c1-9-16-14(10-5-2-3-6-11(10)17-16)15-12(18)7-4-8-13(15)19-9/h2-3,5-6H,4,7-8H2,1H3/p+1. The highest BCUT2D eigenvalue weighted by Crippen LogP contribution is 2.38. The largest absolute Gasteiger partial charge is 0.459 e. The van der Waals surface area contributed by atoms with Crippen molar-refractivity contribution in [3.63, 3.8) is 0 Å². The minimum atomic E-state index is 0.208. The number of rotatable bonds is 0. The number of hydrogen-bond acceptors (Lipinski definition) is 2. The minimum absolute atomic E-state index is 0.208. The van der Waals surface area contributed by atoms with Gasteiger partial charge in [0, 0.05) is 25.8 Å². The molecule has 1 aromatic rings. The Kier molecular flexibility index (Phi) is 2.07. The van der Waals surface area contributed by atoms with Crippen LogP contribution in [0.4, 0.5) is 0 Å². The molecule has 2 heterocycles. The first-order chi connectivity index (χ1) is 9.25. The number of ketones is 1. The molecule has 1 N–H and O–H groups in total. The lowest BCUT2D eigenvalue weighted by Gasteiger charge is -2.16. The Morgan fingerprint density at radius 2 is 2.00 bits per heavy atom. The van der Waals surface area contributed by atoms with E-state index in [0.29, 0.717) is 6.42 Å². The average Bonchev–Trinajstić information content (AvgIpc) is 2.79. The normalized spacial score (nSPS) is 15.1. The van der Waals surface area contributed by atoms with E-state index in [-0.39, 0.29) is 5.78 Å². The van der Waals surface area contributed by atoms with Crippen LogP contribution < -0.4 is 4.98 Å². The number of benzene rings is 1. The van der Waals surface area contributed by atoms with E-state index >= 15 is 0 Å². The summed E-state index contributed by atoms with van der Waals surface area (Å²) in [6, 6.07) is 8.11. The van der Waals surface area contributed by atoms with Crippen molar-refractivity contribution >= 4 is 16.7 Å². The first-order valence-electron chi connectivity index (χ1n) is 6.65. The lowest BCUT2D eigenvalue weighted by atomic mass is 9.89. The zero-order chi connectivity index (χ0) is 13.0. The molecule has 1 aliphatic carbocycles. The predicted molar refractivity (Wildman–Crippen MR) is 71.4 cm³/mol. The quantitative estimate of drug-likeness (QED) is 0.616. The molecule has 0 saturated heterocycles. The van der Waals surface area contributed by atoms with Crippen LogP contribution in [0.3, 0.4) is 0 Å². The Morgan fingerprint density at radius 1 is 1.16 bits per heavy atom. The van der Waals surface area contributed by atoms with E-state index < -0.39 is 0 Å². The van der Waals surface area contributed by atoms with Gasteiger partial charge in [-0.1, -0.05) is 12.1 Å². The molecule has 3 nitrogen and oxygen atoms in total. The van der Waals surface area contributed by atoms with Crippen molar-refractivity contribution in [2.24, 2.45) is 0 Å². The fourth-order valence-corrected chi connectivity index (χ4v) is 3.10. The summed E-state index contributed by atoms with van der Waals surface area (Å²) in [5, 5.41) is 1.11. The third-order valence-corrected chi connectivity index (χ3v) is 3.95. The number of carbonyl (C=O) groups excluding carboxylic acids is 1. The Hall–Kier alpha value is -2.16. The molecule has 0 radical (unpaired) electrons. The van der Waals surface area contributed by atoms with E-state index in [1.165, 1.54) is 0 Å². The van der Waals surface area contributed by atoms with Crippen LogP contribution in [0.15, 0.2) is 28.7 Å². The zero-order valence-corrected chi connectivity index (χ0v) is 10.7. The van der Waals surface area contributed by atoms with Gasteiger partial charge in [-0.3, -0.25) is 4.79 Å². The van der Waals surface area contributed by atoms with Crippen LogP contribution in [0.5, 0.6) is 0 Å². The second-order valence-electron chi connectivity index (χ2n) is 5.15. The van der Waals surface area contributed by atoms with E-state index in [1.807, 2.05) is 25.1 Å². The van der Waals surface area contributed by atoms with Crippen molar-refractivity contribution < 1.29 is 14.2 Å². The third-order valence-electron chi connectivity index (χ3n) is 3.95. The molecule has 0 fully saturated rings. The lowest BCUT2D eigenvalue weighted by Crippen LogP contribution is -2.15. The molecule has 0 bridgehead atoms. The summed E-state index contributed by atoms with van der Waals surface area (Å²) in [6.45, 7) is 1.96. The van der Waals surface area contributed by atoms with Crippen molar-refractivity contribution in [2.75, 3.05) is 0 Å². The summed E-state index contributed by atoms with van der Waals surface area (Å²) < 4.78 is 5.86. The molecule has 0 atom stereocenters. The molecule has 1 aromatic carbocycles. The number of Topliss-reactive ketones (excluding diaryl/α,β-unsaturated/α-hetero) is 1. The SMILES string of the molecule is Cc1oc2c(c3c4ccccc4[nH+]c1-3)C(=O)CCC2. The van der Waals surface area contributed by atoms with E-state index in [9.17, 15) is 4.79 Å². The number of nitrogens with one attached hydrogen (secondary N) is 1. The van der Waals surface area contributed by atoms with Crippen LogP contribution in [0, 0.1) is 6.92 Å². The van der Waals surface area contributed by atoms with Crippen molar-refractivity contribution in [1.29, 1.82) is 0 Å². The third kappa shape index (κ3) is 1.38. The second kappa shape index (κ2) is 3.67. The predicted octanol–water partition coefficient (Wildman–Crippen LogP) is 3.18. The number of hydrogen-bond donors (Lipinski definition) is 0. The van der Waals surface area contributed by atoms with Gasteiger partial charge >= 0.3 is 0 Å². The first kappa shape index (κ1) is 10.7. The fraction of sp³-hybridized carbons (Fsp3) is 0.250. The molecule has 0 amide bonds. The van der Waals surface area contributed by atoms with Crippen molar-refractivity contribution in [3.05, 3.63) is 41.3 Å². The maximum absolute atomic E-state index is 12.3. The highest BCUT2D eigenvalue weighted by molar-refractivity contribution is 6.10. The molecular formula is C16H14NO2+. The number of para-hydroxylation sites is 1. The van der Waals surface area contributed by atoms with Crippen LogP contribution in [-0.2, 0) is 6.42 Å². The van der Waals surface area contributed by atoms with Crippen molar-refractivity contribution in [1.82, 2.24) is 0 Å². The number of carbonyl (C=O) groups is 1. The van der Waals surface area contributed by atoms with E-state index in [2.05, 4.69) is 11.1 Å². The van der Waals surface area contributed by atoms with E-state index in [4.69, 9.17) is 4.42 Å². The van der Waals surface area contributed by atoms with Gasteiger partial charge in [0.1, 0.15) is 5.76 Å². The number of aromatic amines is 1. The first-order valence-corrected chi connectivity index (χ1v) is 6.65. The van der Waals surface area contributed by atoms with E-state index in [0.717, 1.165) is 52.1 Å². The van der Waals surface area contributed by atoms with Crippen LogP contribution in [-0.4, -0.2) is 5.78 Å². The molecule has 3 aliphatic rings. The highest BCUT2D eigenvalue weighted by Gasteiger charge is 2.33. The van der Waals surface area contributed by atoms with Gasteiger partial charge in [0.15, 0.2) is 11.5 Å². The molecule has 0 aromatic heterocycles. The minimum Gasteiger partial charge on any atom is -0.459 e. The average molecular weight is 252 g/mol. The molecule has 2 aliphatic heterocycles. The molecule has 3 heteroatoms. The lowest BCUT2D eigenvalue weighted by molar-refractivity contribution is -0.329. The van der Waals surface area contributed by atoms with Crippen LogP contribution in [0.1, 0.15) is 34.7 Å². The maximum atomic E-state index is 12.3. The summed E-state index contributed by atoms with van der Waals surface area (Å²) in [5.74, 6) is 1.92. The van der Waals surface area contributed by atoms with Gasteiger partial charge < -0.3 is 4.42 Å². The topological polar surface area (TPSA) is 44.4 Å². The summed E-state index contributed by atoms with van der Waals surface area (Å²) in [4.78, 5) is 15.6. The number of aromatic nitrogens is 1. The summed E-state index contributed by atoms with van der Waals surface area (Å²) in [7, 11) is 0. The Morgan fingerprint density at radius 3 is 2.89 bits per heavy atom. The van der Waals surface area contributed by atoms with Gasteiger partial charge in [-0.2, -0.15) is 0 Å². The Bertz CT molecular complexity index is 785. The summed E-state index contributed by atoms with van der Waals surface area (Å²) in [6.07, 6.45) is 2.38. The van der Waals surface area contributed by atoms with E-state index in [1.54, 1.807) is 0 Å². The van der Waals surface area contributed by atoms with Crippen LogP contribution >= 0.6 is 0 Å². The van der Waals surface area contributed by atoms with Gasteiger partial charge in [-0.15, -0.1) is 0 Å². The molecule has 19 heavy (non-hydrogen) atoms.